The highest BCUT2D eigenvalue weighted by atomic mass is 16.5. The highest BCUT2D eigenvalue weighted by Gasteiger charge is 2.02. The number of ether oxygens (including phenoxy) is 1. The van der Waals surface area contributed by atoms with Crippen molar-refractivity contribution in [2.75, 3.05) is 6.61 Å². The van der Waals surface area contributed by atoms with E-state index < -0.39 is 0 Å². The molecule has 0 fully saturated rings. The first kappa shape index (κ1) is 39.2. The molecule has 0 unspecified atom stereocenters. The molecule has 2 heteroatoms. The molecular formula is C38H74O2. The Morgan fingerprint density at radius 2 is 0.700 bits per heavy atom. The minimum atomic E-state index is 0.0181. The predicted octanol–water partition coefficient (Wildman–Crippen LogP) is 13.6. The summed E-state index contributed by atoms with van der Waals surface area (Å²) in [6.45, 7) is 5.20. The van der Waals surface area contributed by atoms with Gasteiger partial charge in [0.05, 0.1) is 6.61 Å². The van der Waals surface area contributed by atoms with E-state index >= 15 is 0 Å². The number of hydrogen-bond donors (Lipinski definition) is 0. The Morgan fingerprint density at radius 1 is 0.400 bits per heavy atom. The maximum absolute atomic E-state index is 11.9. The second kappa shape index (κ2) is 36.2. The number of rotatable bonds is 34. The maximum atomic E-state index is 11.9. The van der Waals surface area contributed by atoms with Crippen molar-refractivity contribution in [3.8, 4) is 0 Å². The normalized spacial score (nSPS) is 11.6. The molecule has 0 aliphatic rings. The van der Waals surface area contributed by atoms with Gasteiger partial charge in [-0.25, -0.2) is 0 Å². The Bertz CT molecular complexity index is 498. The molecule has 0 aromatic rings. The van der Waals surface area contributed by atoms with Crippen molar-refractivity contribution in [2.24, 2.45) is 0 Å². The molecule has 0 spiro atoms. The van der Waals surface area contributed by atoms with Crippen LogP contribution in [0, 0.1) is 0 Å². The third-order valence-corrected chi connectivity index (χ3v) is 8.40. The smallest absolute Gasteiger partial charge is 0.305 e. The Morgan fingerprint density at radius 3 is 1.07 bits per heavy atom. The highest BCUT2D eigenvalue weighted by Crippen LogP contribution is 2.15. The standard InChI is InChI=1S/C38H74O2/c1-3-5-7-9-11-13-15-17-19-20-21-23-25-27-29-31-33-35-37-40-38(39)36-34-32-30-28-26-24-22-18-16-14-12-10-8-6-4-2/h18,22H,3-17,19-21,23-37H2,1-2H3. The van der Waals surface area contributed by atoms with E-state index in [1.165, 1.54) is 180 Å². The fourth-order valence-corrected chi connectivity index (χ4v) is 5.60. The SMILES string of the molecule is CCCCCCCCC=CCCCCCCCC(=O)OCCCCCCCCCCCCCCCCCCCC. The van der Waals surface area contributed by atoms with Crippen molar-refractivity contribution in [2.45, 2.75) is 219 Å². The lowest BCUT2D eigenvalue weighted by Gasteiger charge is -2.05. The fraction of sp³-hybridized carbons (Fsp3) is 0.921. The van der Waals surface area contributed by atoms with Gasteiger partial charge in [0.2, 0.25) is 0 Å². The molecule has 0 heterocycles. The second-order valence-corrected chi connectivity index (χ2v) is 12.6. The van der Waals surface area contributed by atoms with E-state index in [-0.39, 0.29) is 5.97 Å². The zero-order valence-electron chi connectivity index (χ0n) is 27.8. The fourth-order valence-electron chi connectivity index (χ4n) is 5.60. The lowest BCUT2D eigenvalue weighted by molar-refractivity contribution is -0.143. The lowest BCUT2D eigenvalue weighted by Crippen LogP contribution is -2.05. The van der Waals surface area contributed by atoms with Gasteiger partial charge in [-0.1, -0.05) is 187 Å². The van der Waals surface area contributed by atoms with Gasteiger partial charge in [0.15, 0.2) is 0 Å². The average molecular weight is 563 g/mol. The van der Waals surface area contributed by atoms with Crippen LogP contribution in [0.25, 0.3) is 0 Å². The van der Waals surface area contributed by atoms with Crippen LogP contribution in [0.15, 0.2) is 12.2 Å². The molecular weight excluding hydrogens is 488 g/mol. The van der Waals surface area contributed by atoms with Crippen LogP contribution in [-0.4, -0.2) is 12.6 Å². The Labute approximate surface area is 253 Å². The molecule has 0 saturated heterocycles. The Kier molecular flexibility index (Phi) is 35.5. The minimum absolute atomic E-state index is 0.0181. The van der Waals surface area contributed by atoms with Crippen LogP contribution in [0.1, 0.15) is 219 Å². The first-order chi connectivity index (χ1) is 19.8. The van der Waals surface area contributed by atoms with Gasteiger partial charge >= 0.3 is 5.97 Å². The number of hydrogen-bond acceptors (Lipinski definition) is 2. The van der Waals surface area contributed by atoms with Crippen molar-refractivity contribution < 1.29 is 9.53 Å². The van der Waals surface area contributed by atoms with E-state index in [1.54, 1.807) is 0 Å². The number of esters is 1. The summed E-state index contributed by atoms with van der Waals surface area (Å²) in [5.41, 5.74) is 0. The molecule has 0 amide bonds. The van der Waals surface area contributed by atoms with Crippen LogP contribution in [0.3, 0.4) is 0 Å². The summed E-state index contributed by atoms with van der Waals surface area (Å²) < 4.78 is 5.44. The zero-order valence-corrected chi connectivity index (χ0v) is 27.8. The molecule has 0 saturated carbocycles. The molecule has 0 radical (unpaired) electrons. The third kappa shape index (κ3) is 35.2. The molecule has 0 aromatic carbocycles. The quantitative estimate of drug-likeness (QED) is 0.0443. The van der Waals surface area contributed by atoms with Crippen molar-refractivity contribution in [1.29, 1.82) is 0 Å². The molecule has 0 atom stereocenters. The summed E-state index contributed by atoms with van der Waals surface area (Å²) in [4.78, 5) is 11.9. The van der Waals surface area contributed by atoms with Gasteiger partial charge in [0.25, 0.3) is 0 Å². The number of unbranched alkanes of at least 4 members (excludes halogenated alkanes) is 28. The van der Waals surface area contributed by atoms with E-state index in [0.717, 1.165) is 19.3 Å². The highest BCUT2D eigenvalue weighted by molar-refractivity contribution is 5.69. The van der Waals surface area contributed by atoms with E-state index in [0.29, 0.717) is 13.0 Å². The summed E-state index contributed by atoms with van der Waals surface area (Å²) in [5, 5.41) is 0. The van der Waals surface area contributed by atoms with Crippen molar-refractivity contribution >= 4 is 5.97 Å². The van der Waals surface area contributed by atoms with Crippen molar-refractivity contribution in [1.82, 2.24) is 0 Å². The molecule has 0 bridgehead atoms. The largest absolute Gasteiger partial charge is 0.466 e. The van der Waals surface area contributed by atoms with Gasteiger partial charge < -0.3 is 4.74 Å². The molecule has 0 aromatic heterocycles. The van der Waals surface area contributed by atoms with E-state index in [1.807, 2.05) is 0 Å². The molecule has 238 valence electrons. The van der Waals surface area contributed by atoms with E-state index in [2.05, 4.69) is 26.0 Å². The summed E-state index contributed by atoms with van der Waals surface area (Å²) in [7, 11) is 0. The Hall–Kier alpha value is -0.790. The monoisotopic (exact) mass is 563 g/mol. The summed E-state index contributed by atoms with van der Waals surface area (Å²) in [6.07, 6.45) is 47.1. The van der Waals surface area contributed by atoms with Crippen LogP contribution in [-0.2, 0) is 9.53 Å². The first-order valence-corrected chi connectivity index (χ1v) is 18.6. The predicted molar refractivity (Wildman–Crippen MR) is 179 cm³/mol. The number of carbonyl (C=O) groups is 1. The van der Waals surface area contributed by atoms with Gasteiger partial charge in [-0.3, -0.25) is 4.79 Å². The molecule has 0 N–H and O–H groups in total. The van der Waals surface area contributed by atoms with Gasteiger partial charge in [0, 0.05) is 6.42 Å². The molecule has 0 rings (SSSR count). The number of allylic oxidation sites excluding steroid dienone is 2. The van der Waals surface area contributed by atoms with Crippen molar-refractivity contribution in [3.63, 3.8) is 0 Å². The lowest BCUT2D eigenvalue weighted by atomic mass is 10.0. The molecule has 0 aliphatic heterocycles. The molecule has 2 nitrogen and oxygen atoms in total. The van der Waals surface area contributed by atoms with E-state index in [4.69, 9.17) is 4.74 Å². The summed E-state index contributed by atoms with van der Waals surface area (Å²) in [6, 6.07) is 0. The van der Waals surface area contributed by atoms with Gasteiger partial charge in [-0.05, 0) is 38.5 Å². The van der Waals surface area contributed by atoms with Gasteiger partial charge in [-0.15, -0.1) is 0 Å². The molecule has 40 heavy (non-hydrogen) atoms. The van der Waals surface area contributed by atoms with Crippen molar-refractivity contribution in [3.05, 3.63) is 12.2 Å². The van der Waals surface area contributed by atoms with E-state index in [9.17, 15) is 4.79 Å². The first-order valence-electron chi connectivity index (χ1n) is 18.6. The summed E-state index contributed by atoms with van der Waals surface area (Å²) >= 11 is 0. The summed E-state index contributed by atoms with van der Waals surface area (Å²) in [5.74, 6) is 0.0181. The van der Waals surface area contributed by atoms with Crippen LogP contribution in [0.4, 0.5) is 0 Å². The Balaban J connectivity index is 3.18. The van der Waals surface area contributed by atoms with Crippen LogP contribution < -0.4 is 0 Å². The van der Waals surface area contributed by atoms with Crippen LogP contribution in [0.5, 0.6) is 0 Å². The number of carbonyl (C=O) groups excluding carboxylic acids is 1. The molecule has 0 aliphatic carbocycles. The van der Waals surface area contributed by atoms with Gasteiger partial charge in [-0.2, -0.15) is 0 Å². The van der Waals surface area contributed by atoms with Crippen LogP contribution in [0.2, 0.25) is 0 Å². The third-order valence-electron chi connectivity index (χ3n) is 8.40. The van der Waals surface area contributed by atoms with Crippen LogP contribution >= 0.6 is 0 Å². The minimum Gasteiger partial charge on any atom is -0.466 e. The van der Waals surface area contributed by atoms with Gasteiger partial charge in [0.1, 0.15) is 0 Å². The average Bonchev–Trinajstić information content (AvgIpc) is 2.96. The second-order valence-electron chi connectivity index (χ2n) is 12.6. The maximum Gasteiger partial charge on any atom is 0.305 e. The topological polar surface area (TPSA) is 26.3 Å². The zero-order chi connectivity index (χ0) is 29.0.